The van der Waals surface area contributed by atoms with Crippen LogP contribution < -0.4 is 14.2 Å². The Morgan fingerprint density at radius 3 is 2.25 bits per heavy atom. The topological polar surface area (TPSA) is 51.2 Å². The first kappa shape index (κ1) is 23.6. The summed E-state index contributed by atoms with van der Waals surface area (Å²) in [6, 6.07) is 9.93. The fraction of sp³-hybridized carbons (Fsp3) is 0.381. The van der Waals surface area contributed by atoms with Crippen molar-refractivity contribution >= 4 is 5.91 Å². The highest BCUT2D eigenvalue weighted by Gasteiger charge is 2.31. The molecule has 1 saturated heterocycles. The maximum absolute atomic E-state index is 12.9. The lowest BCUT2D eigenvalue weighted by Gasteiger charge is -2.35. The highest BCUT2D eigenvalue weighted by atomic mass is 19.4. The number of ether oxygens (including phenoxy) is 3. The van der Waals surface area contributed by atoms with Gasteiger partial charge in [-0.05, 0) is 29.8 Å². The first-order valence-electron chi connectivity index (χ1n) is 9.64. The number of rotatable bonds is 7. The van der Waals surface area contributed by atoms with Crippen molar-refractivity contribution in [3.8, 4) is 17.2 Å². The second kappa shape index (κ2) is 10.0. The van der Waals surface area contributed by atoms with E-state index in [0.717, 1.165) is 5.56 Å². The zero-order valence-corrected chi connectivity index (χ0v) is 17.1. The molecule has 0 spiro atoms. The van der Waals surface area contributed by atoms with Gasteiger partial charge in [-0.15, -0.1) is 13.2 Å². The molecular weight excluding hydrogens is 439 g/mol. The van der Waals surface area contributed by atoms with Crippen molar-refractivity contribution in [1.29, 1.82) is 0 Å². The van der Waals surface area contributed by atoms with E-state index in [1.165, 1.54) is 42.3 Å². The highest BCUT2D eigenvalue weighted by Crippen LogP contribution is 2.33. The van der Waals surface area contributed by atoms with E-state index in [1.807, 2.05) is 4.90 Å². The van der Waals surface area contributed by atoms with Crippen molar-refractivity contribution < 1.29 is 41.0 Å². The number of halogens is 5. The summed E-state index contributed by atoms with van der Waals surface area (Å²) in [5.74, 6) is -1.02. The van der Waals surface area contributed by atoms with E-state index >= 15 is 0 Å². The minimum atomic E-state index is -4.74. The van der Waals surface area contributed by atoms with Gasteiger partial charge in [0.05, 0.1) is 12.7 Å². The maximum Gasteiger partial charge on any atom is 0.573 e. The van der Waals surface area contributed by atoms with Gasteiger partial charge in [-0.1, -0.05) is 18.2 Å². The molecule has 1 aliphatic rings. The molecule has 2 aromatic carbocycles. The van der Waals surface area contributed by atoms with Gasteiger partial charge in [-0.3, -0.25) is 9.69 Å². The number of methoxy groups -OCH3 is 1. The first-order chi connectivity index (χ1) is 15.2. The van der Waals surface area contributed by atoms with Crippen LogP contribution in [0.2, 0.25) is 0 Å². The quantitative estimate of drug-likeness (QED) is 0.581. The summed E-state index contributed by atoms with van der Waals surface area (Å²) in [5.41, 5.74) is 0.776. The van der Waals surface area contributed by atoms with Crippen LogP contribution in [0, 0.1) is 0 Å². The summed E-state index contributed by atoms with van der Waals surface area (Å²) in [6.07, 6.45) is -4.74. The number of carbonyl (C=O) groups is 1. The van der Waals surface area contributed by atoms with E-state index in [-0.39, 0.29) is 22.8 Å². The zero-order valence-electron chi connectivity index (χ0n) is 17.1. The maximum atomic E-state index is 12.9. The van der Waals surface area contributed by atoms with Gasteiger partial charge >= 0.3 is 13.0 Å². The number of amides is 1. The van der Waals surface area contributed by atoms with Gasteiger partial charge < -0.3 is 19.1 Å². The summed E-state index contributed by atoms with van der Waals surface area (Å²) in [5, 5.41) is 0. The molecule has 32 heavy (non-hydrogen) atoms. The van der Waals surface area contributed by atoms with Crippen LogP contribution in [-0.4, -0.2) is 62.0 Å². The molecule has 2 aromatic rings. The predicted molar refractivity (Wildman–Crippen MR) is 104 cm³/mol. The second-order valence-corrected chi connectivity index (χ2v) is 6.98. The Hall–Kier alpha value is -3.08. The Bertz CT molecular complexity index is 913. The van der Waals surface area contributed by atoms with Gasteiger partial charge in [-0.2, -0.15) is 8.78 Å². The van der Waals surface area contributed by atoms with Crippen molar-refractivity contribution in [2.45, 2.75) is 19.5 Å². The largest absolute Gasteiger partial charge is 0.573 e. The van der Waals surface area contributed by atoms with E-state index < -0.39 is 18.9 Å². The molecule has 0 radical (unpaired) electrons. The third kappa shape index (κ3) is 6.22. The molecule has 1 heterocycles. The van der Waals surface area contributed by atoms with Crippen LogP contribution in [0.3, 0.4) is 0 Å². The van der Waals surface area contributed by atoms with Crippen LogP contribution in [0.1, 0.15) is 15.9 Å². The molecule has 1 aliphatic heterocycles. The van der Waals surface area contributed by atoms with Crippen molar-refractivity contribution in [2.24, 2.45) is 0 Å². The molecule has 1 fully saturated rings. The SMILES string of the molecule is COc1cccc(C(=O)N2CCN(Cc3ccc(OC(F)(F)F)cc3)CC2)c1OC(F)F. The van der Waals surface area contributed by atoms with Gasteiger partial charge in [0.1, 0.15) is 5.75 Å². The Kier molecular flexibility index (Phi) is 7.39. The Labute approximate surface area is 181 Å². The number of piperazine rings is 1. The first-order valence-corrected chi connectivity index (χ1v) is 9.64. The summed E-state index contributed by atoms with van der Waals surface area (Å²) in [6.45, 7) is -0.933. The molecule has 0 N–H and O–H groups in total. The van der Waals surface area contributed by atoms with Crippen LogP contribution in [0.25, 0.3) is 0 Å². The third-order valence-corrected chi connectivity index (χ3v) is 4.86. The normalized spacial score (nSPS) is 15.0. The molecule has 174 valence electrons. The standard InChI is InChI=1S/C21H21F5N2O4/c1-30-17-4-2-3-16(18(17)31-20(22)23)19(29)28-11-9-27(10-12-28)13-14-5-7-15(8-6-14)32-21(24,25)26/h2-8,20H,9-13H2,1H3. The van der Waals surface area contributed by atoms with Crippen LogP contribution >= 0.6 is 0 Å². The van der Waals surface area contributed by atoms with Crippen molar-refractivity contribution in [2.75, 3.05) is 33.3 Å². The number of alkyl halides is 5. The molecule has 0 aliphatic carbocycles. The average molecular weight is 460 g/mol. The Balaban J connectivity index is 1.60. The molecule has 0 bridgehead atoms. The summed E-state index contributed by atoms with van der Waals surface area (Å²) < 4.78 is 75.8. The summed E-state index contributed by atoms with van der Waals surface area (Å²) in [4.78, 5) is 16.5. The van der Waals surface area contributed by atoms with E-state index in [0.29, 0.717) is 32.7 Å². The van der Waals surface area contributed by atoms with E-state index in [4.69, 9.17) is 4.74 Å². The number of hydrogen-bond acceptors (Lipinski definition) is 5. The molecular formula is C21H21F5N2O4. The molecule has 6 nitrogen and oxygen atoms in total. The van der Waals surface area contributed by atoms with E-state index in [1.54, 1.807) is 12.1 Å². The Morgan fingerprint density at radius 1 is 1.03 bits per heavy atom. The van der Waals surface area contributed by atoms with Crippen LogP contribution in [-0.2, 0) is 6.54 Å². The molecule has 0 aromatic heterocycles. The zero-order chi connectivity index (χ0) is 23.3. The van der Waals surface area contributed by atoms with Crippen molar-refractivity contribution in [3.63, 3.8) is 0 Å². The van der Waals surface area contributed by atoms with Crippen LogP contribution in [0.15, 0.2) is 42.5 Å². The third-order valence-electron chi connectivity index (χ3n) is 4.86. The number of para-hydroxylation sites is 1. The average Bonchev–Trinajstić information content (AvgIpc) is 2.74. The number of nitrogens with zero attached hydrogens (tertiary/aromatic N) is 2. The van der Waals surface area contributed by atoms with Gasteiger partial charge in [0.2, 0.25) is 0 Å². The van der Waals surface area contributed by atoms with Crippen molar-refractivity contribution in [3.05, 3.63) is 53.6 Å². The lowest BCUT2D eigenvalue weighted by molar-refractivity contribution is -0.274. The second-order valence-electron chi connectivity index (χ2n) is 6.98. The minimum absolute atomic E-state index is 0.0154. The molecule has 1 amide bonds. The number of hydrogen-bond donors (Lipinski definition) is 0. The monoisotopic (exact) mass is 460 g/mol. The van der Waals surface area contributed by atoms with Gasteiger partial charge in [-0.25, -0.2) is 0 Å². The van der Waals surface area contributed by atoms with Gasteiger partial charge in [0, 0.05) is 32.7 Å². The van der Waals surface area contributed by atoms with E-state index in [9.17, 15) is 26.7 Å². The molecule has 0 unspecified atom stereocenters. The molecule has 0 saturated carbocycles. The minimum Gasteiger partial charge on any atom is -0.493 e. The van der Waals surface area contributed by atoms with Gasteiger partial charge in [0.25, 0.3) is 5.91 Å². The van der Waals surface area contributed by atoms with E-state index in [2.05, 4.69) is 9.47 Å². The smallest absolute Gasteiger partial charge is 0.493 e. The van der Waals surface area contributed by atoms with Gasteiger partial charge in [0.15, 0.2) is 11.5 Å². The van der Waals surface area contributed by atoms with Crippen LogP contribution in [0.4, 0.5) is 22.0 Å². The predicted octanol–water partition coefficient (Wildman–Crippen LogP) is 4.15. The molecule has 3 rings (SSSR count). The lowest BCUT2D eigenvalue weighted by Crippen LogP contribution is -2.48. The summed E-state index contributed by atoms with van der Waals surface area (Å²) >= 11 is 0. The van der Waals surface area contributed by atoms with Crippen molar-refractivity contribution in [1.82, 2.24) is 9.80 Å². The lowest BCUT2D eigenvalue weighted by atomic mass is 10.1. The fourth-order valence-electron chi connectivity index (χ4n) is 3.39. The fourth-order valence-corrected chi connectivity index (χ4v) is 3.39. The van der Waals surface area contributed by atoms with Crippen LogP contribution in [0.5, 0.6) is 17.2 Å². The highest BCUT2D eigenvalue weighted by molar-refractivity contribution is 5.98. The molecule has 11 heteroatoms. The summed E-state index contributed by atoms with van der Waals surface area (Å²) in [7, 11) is 1.29. The molecule has 0 atom stereocenters. The number of carbonyl (C=O) groups excluding carboxylic acids is 1. The number of benzene rings is 2. The Morgan fingerprint density at radius 2 is 1.69 bits per heavy atom.